The summed E-state index contributed by atoms with van der Waals surface area (Å²) in [5.74, 6) is 0.291. The molecule has 0 amide bonds. The fourth-order valence-electron chi connectivity index (χ4n) is 1.30. The second kappa shape index (κ2) is 7.29. The largest absolute Gasteiger partial charge is 0.328 e. The lowest BCUT2D eigenvalue weighted by Crippen LogP contribution is -2.19. The van der Waals surface area contributed by atoms with Crippen molar-refractivity contribution in [1.29, 1.82) is 0 Å². The van der Waals surface area contributed by atoms with E-state index in [1.54, 1.807) is 6.92 Å². The van der Waals surface area contributed by atoms with Gasteiger partial charge in [0, 0.05) is 12.5 Å². The standard InChI is InChI=1S/C10H21NO/c1-3-6-10(11)8-5-4-7-9(2)12/h10H,3-8,11H2,1-2H3. The van der Waals surface area contributed by atoms with Crippen LogP contribution >= 0.6 is 0 Å². The highest BCUT2D eigenvalue weighted by molar-refractivity contribution is 5.75. The van der Waals surface area contributed by atoms with Crippen molar-refractivity contribution in [3.63, 3.8) is 0 Å². The number of unbranched alkanes of at least 4 members (excludes halogenated alkanes) is 1. The van der Waals surface area contributed by atoms with Gasteiger partial charge in [-0.2, -0.15) is 0 Å². The molecule has 0 aliphatic rings. The van der Waals surface area contributed by atoms with Crippen LogP contribution in [0.2, 0.25) is 0 Å². The molecule has 2 N–H and O–H groups in total. The van der Waals surface area contributed by atoms with E-state index in [1.165, 1.54) is 0 Å². The van der Waals surface area contributed by atoms with Crippen LogP contribution in [0.1, 0.15) is 52.4 Å². The van der Waals surface area contributed by atoms with Gasteiger partial charge in [-0.3, -0.25) is 0 Å². The van der Waals surface area contributed by atoms with Crippen LogP contribution in [0.15, 0.2) is 0 Å². The van der Waals surface area contributed by atoms with Crippen molar-refractivity contribution in [1.82, 2.24) is 0 Å². The molecular formula is C10H21NO. The highest BCUT2D eigenvalue weighted by atomic mass is 16.1. The smallest absolute Gasteiger partial charge is 0.129 e. The average Bonchev–Trinajstić information content (AvgIpc) is 1.98. The number of Topliss-reactive ketones (excluding diaryl/α,β-unsaturated/α-hetero) is 1. The minimum Gasteiger partial charge on any atom is -0.328 e. The van der Waals surface area contributed by atoms with Gasteiger partial charge in [0.15, 0.2) is 0 Å². The molecule has 0 aromatic heterocycles. The number of rotatable bonds is 7. The van der Waals surface area contributed by atoms with Gasteiger partial charge in [-0.15, -0.1) is 0 Å². The van der Waals surface area contributed by atoms with Crippen molar-refractivity contribution in [3.05, 3.63) is 0 Å². The summed E-state index contributed by atoms with van der Waals surface area (Å²) in [7, 11) is 0. The predicted octanol–water partition coefficient (Wildman–Crippen LogP) is 2.26. The Balaban J connectivity index is 3.13. The van der Waals surface area contributed by atoms with E-state index >= 15 is 0 Å². The molecule has 2 heteroatoms. The quantitative estimate of drug-likeness (QED) is 0.597. The van der Waals surface area contributed by atoms with Gasteiger partial charge in [-0.1, -0.05) is 19.8 Å². The molecule has 0 rings (SSSR count). The van der Waals surface area contributed by atoms with Crippen LogP contribution in [0, 0.1) is 0 Å². The van der Waals surface area contributed by atoms with E-state index in [0.29, 0.717) is 11.8 Å². The van der Waals surface area contributed by atoms with Crippen LogP contribution in [-0.4, -0.2) is 11.8 Å². The molecule has 0 saturated heterocycles. The minimum absolute atomic E-state index is 0.291. The summed E-state index contributed by atoms with van der Waals surface area (Å²) in [6.45, 7) is 3.79. The van der Waals surface area contributed by atoms with Crippen molar-refractivity contribution >= 4 is 5.78 Å². The Kier molecular flexibility index (Phi) is 7.06. The third-order valence-electron chi connectivity index (χ3n) is 2.01. The van der Waals surface area contributed by atoms with Crippen LogP contribution in [0.5, 0.6) is 0 Å². The SMILES string of the molecule is CCCC(N)CCCCC(C)=O. The zero-order valence-corrected chi connectivity index (χ0v) is 8.31. The highest BCUT2D eigenvalue weighted by Crippen LogP contribution is 2.06. The molecule has 72 valence electrons. The van der Waals surface area contributed by atoms with Crippen LogP contribution in [0.4, 0.5) is 0 Å². The predicted molar refractivity (Wildman–Crippen MR) is 52.0 cm³/mol. The van der Waals surface area contributed by atoms with Crippen LogP contribution in [-0.2, 0) is 4.79 Å². The second-order valence-corrected chi connectivity index (χ2v) is 3.50. The Labute approximate surface area is 75.5 Å². The maximum absolute atomic E-state index is 10.6. The van der Waals surface area contributed by atoms with Crippen molar-refractivity contribution in [3.8, 4) is 0 Å². The van der Waals surface area contributed by atoms with Gasteiger partial charge in [0.25, 0.3) is 0 Å². The molecule has 1 unspecified atom stereocenters. The highest BCUT2D eigenvalue weighted by Gasteiger charge is 2.00. The van der Waals surface area contributed by atoms with E-state index in [0.717, 1.165) is 38.5 Å². The summed E-state index contributed by atoms with van der Waals surface area (Å²) in [6.07, 6.45) is 6.17. The lowest BCUT2D eigenvalue weighted by Gasteiger charge is -2.08. The van der Waals surface area contributed by atoms with Gasteiger partial charge in [0.2, 0.25) is 0 Å². The second-order valence-electron chi connectivity index (χ2n) is 3.50. The number of ketones is 1. The molecule has 0 bridgehead atoms. The molecular weight excluding hydrogens is 150 g/mol. The van der Waals surface area contributed by atoms with E-state index in [1.807, 2.05) is 0 Å². The monoisotopic (exact) mass is 171 g/mol. The fourth-order valence-corrected chi connectivity index (χ4v) is 1.30. The topological polar surface area (TPSA) is 43.1 Å². The molecule has 0 fully saturated rings. The van der Waals surface area contributed by atoms with E-state index in [9.17, 15) is 4.79 Å². The molecule has 0 saturated carbocycles. The Hall–Kier alpha value is -0.370. The fraction of sp³-hybridized carbons (Fsp3) is 0.900. The molecule has 0 aliphatic carbocycles. The van der Waals surface area contributed by atoms with Gasteiger partial charge in [0.05, 0.1) is 0 Å². The van der Waals surface area contributed by atoms with Crippen LogP contribution in [0.25, 0.3) is 0 Å². The van der Waals surface area contributed by atoms with Gasteiger partial charge >= 0.3 is 0 Å². The Morgan fingerprint density at radius 2 is 2.00 bits per heavy atom. The first-order valence-corrected chi connectivity index (χ1v) is 4.91. The Morgan fingerprint density at radius 1 is 1.33 bits per heavy atom. The molecule has 12 heavy (non-hydrogen) atoms. The lowest BCUT2D eigenvalue weighted by atomic mass is 10.0. The number of carbonyl (C=O) groups excluding carboxylic acids is 1. The molecule has 0 radical (unpaired) electrons. The number of hydrogen-bond acceptors (Lipinski definition) is 2. The molecule has 0 aromatic carbocycles. The minimum atomic E-state index is 0.291. The molecule has 0 aromatic rings. The first-order chi connectivity index (χ1) is 5.66. The lowest BCUT2D eigenvalue weighted by molar-refractivity contribution is -0.117. The first-order valence-electron chi connectivity index (χ1n) is 4.91. The summed E-state index contributed by atoms with van der Waals surface area (Å²) in [5, 5.41) is 0. The zero-order valence-electron chi connectivity index (χ0n) is 8.31. The normalized spacial score (nSPS) is 12.9. The van der Waals surface area contributed by atoms with Crippen LogP contribution in [0.3, 0.4) is 0 Å². The molecule has 0 spiro atoms. The summed E-state index contributed by atoms with van der Waals surface area (Å²) < 4.78 is 0. The van der Waals surface area contributed by atoms with E-state index < -0.39 is 0 Å². The number of nitrogens with two attached hydrogens (primary N) is 1. The Bertz CT molecular complexity index is 123. The number of carbonyl (C=O) groups is 1. The summed E-state index contributed by atoms with van der Waals surface area (Å²) in [6, 6.07) is 0.349. The third kappa shape index (κ3) is 7.73. The van der Waals surface area contributed by atoms with Crippen molar-refractivity contribution in [2.75, 3.05) is 0 Å². The molecule has 0 heterocycles. The average molecular weight is 171 g/mol. The maximum atomic E-state index is 10.6. The summed E-state index contributed by atoms with van der Waals surface area (Å²) >= 11 is 0. The van der Waals surface area contributed by atoms with Gasteiger partial charge in [-0.05, 0) is 26.2 Å². The summed E-state index contributed by atoms with van der Waals surface area (Å²) in [5.41, 5.74) is 5.82. The zero-order chi connectivity index (χ0) is 9.40. The Morgan fingerprint density at radius 3 is 2.50 bits per heavy atom. The van der Waals surface area contributed by atoms with Crippen molar-refractivity contribution in [2.45, 2.75) is 58.4 Å². The number of hydrogen-bond donors (Lipinski definition) is 1. The third-order valence-corrected chi connectivity index (χ3v) is 2.01. The first kappa shape index (κ1) is 11.6. The summed E-state index contributed by atoms with van der Waals surface area (Å²) in [4.78, 5) is 10.6. The van der Waals surface area contributed by atoms with Crippen molar-refractivity contribution < 1.29 is 4.79 Å². The van der Waals surface area contributed by atoms with Crippen molar-refractivity contribution in [2.24, 2.45) is 5.73 Å². The maximum Gasteiger partial charge on any atom is 0.129 e. The van der Waals surface area contributed by atoms with Gasteiger partial charge in [-0.25, -0.2) is 0 Å². The van der Waals surface area contributed by atoms with E-state index in [4.69, 9.17) is 5.73 Å². The molecule has 0 aliphatic heterocycles. The molecule has 1 atom stereocenters. The van der Waals surface area contributed by atoms with Gasteiger partial charge < -0.3 is 10.5 Å². The molecule has 2 nitrogen and oxygen atoms in total. The van der Waals surface area contributed by atoms with E-state index in [2.05, 4.69) is 6.92 Å². The van der Waals surface area contributed by atoms with Crippen LogP contribution < -0.4 is 5.73 Å². The van der Waals surface area contributed by atoms with E-state index in [-0.39, 0.29) is 0 Å². The van der Waals surface area contributed by atoms with Gasteiger partial charge in [0.1, 0.15) is 5.78 Å².